The van der Waals surface area contributed by atoms with Gasteiger partial charge in [-0.05, 0) is 26.8 Å². The van der Waals surface area contributed by atoms with Crippen molar-refractivity contribution in [3.8, 4) is 0 Å². The third-order valence-corrected chi connectivity index (χ3v) is 2.74. The van der Waals surface area contributed by atoms with Gasteiger partial charge < -0.3 is 15.5 Å². The lowest BCUT2D eigenvalue weighted by Crippen LogP contribution is -2.46. The van der Waals surface area contributed by atoms with Gasteiger partial charge in [0.05, 0.1) is 12.2 Å². The number of carbonyl (C=O) groups excluding carboxylic acids is 1. The van der Waals surface area contributed by atoms with E-state index >= 15 is 0 Å². The molecule has 0 fully saturated rings. The fourth-order valence-corrected chi connectivity index (χ4v) is 1.54. The highest BCUT2D eigenvalue weighted by atomic mass is 16.4. The Balaban J connectivity index is 2.41. The number of nitrogens with zero attached hydrogens (tertiary/aromatic N) is 2. The van der Waals surface area contributed by atoms with Crippen molar-refractivity contribution in [2.45, 2.75) is 39.3 Å². The standard InChI is InChI=1S/C12H19N3O4/c1-8-6-9(2)15(14-8)5-4-10(16)13-7-12(3,19)11(17)18/h6,19H,4-5,7H2,1-3H3,(H,13,16)(H,17,18). The third-order valence-electron chi connectivity index (χ3n) is 2.74. The normalized spacial score (nSPS) is 13.9. The van der Waals surface area contributed by atoms with Crippen molar-refractivity contribution in [3.05, 3.63) is 17.5 Å². The first kappa shape index (κ1) is 15.2. The Morgan fingerprint density at radius 1 is 1.47 bits per heavy atom. The van der Waals surface area contributed by atoms with Crippen LogP contribution in [0.2, 0.25) is 0 Å². The lowest BCUT2D eigenvalue weighted by Gasteiger charge is -2.18. The van der Waals surface area contributed by atoms with Crippen LogP contribution in [-0.2, 0) is 16.1 Å². The van der Waals surface area contributed by atoms with Gasteiger partial charge in [-0.1, -0.05) is 0 Å². The number of rotatable bonds is 6. The molecule has 0 aliphatic carbocycles. The Morgan fingerprint density at radius 2 is 2.11 bits per heavy atom. The summed E-state index contributed by atoms with van der Waals surface area (Å²) >= 11 is 0. The molecule has 0 aliphatic rings. The molecule has 0 aliphatic heterocycles. The second-order valence-electron chi connectivity index (χ2n) is 4.76. The lowest BCUT2D eigenvalue weighted by atomic mass is 10.1. The minimum Gasteiger partial charge on any atom is -0.479 e. The Morgan fingerprint density at radius 3 is 2.58 bits per heavy atom. The summed E-state index contributed by atoms with van der Waals surface area (Å²) in [6, 6.07) is 1.91. The highest BCUT2D eigenvalue weighted by Crippen LogP contribution is 2.03. The molecule has 19 heavy (non-hydrogen) atoms. The molecule has 106 valence electrons. The van der Waals surface area contributed by atoms with E-state index in [-0.39, 0.29) is 18.9 Å². The van der Waals surface area contributed by atoms with Crippen LogP contribution in [0.1, 0.15) is 24.7 Å². The summed E-state index contributed by atoms with van der Waals surface area (Å²) in [6.45, 7) is 5.00. The molecule has 3 N–H and O–H groups in total. The van der Waals surface area contributed by atoms with Crippen LogP contribution < -0.4 is 5.32 Å². The fraction of sp³-hybridized carbons (Fsp3) is 0.583. The van der Waals surface area contributed by atoms with Crippen LogP contribution in [0.15, 0.2) is 6.07 Å². The van der Waals surface area contributed by atoms with Gasteiger partial charge >= 0.3 is 5.97 Å². The molecule has 0 saturated heterocycles. The summed E-state index contributed by atoms with van der Waals surface area (Å²) in [4.78, 5) is 22.2. The van der Waals surface area contributed by atoms with E-state index < -0.39 is 11.6 Å². The molecule has 1 aromatic heterocycles. The number of carboxylic acids is 1. The van der Waals surface area contributed by atoms with Gasteiger partial charge in [-0.15, -0.1) is 0 Å². The molecule has 0 radical (unpaired) electrons. The number of nitrogens with one attached hydrogen (secondary N) is 1. The first-order chi connectivity index (χ1) is 8.72. The van der Waals surface area contributed by atoms with Gasteiger partial charge in [-0.3, -0.25) is 9.48 Å². The second kappa shape index (κ2) is 5.83. The largest absolute Gasteiger partial charge is 0.479 e. The van der Waals surface area contributed by atoms with Crippen LogP contribution in [0.4, 0.5) is 0 Å². The van der Waals surface area contributed by atoms with Crippen LogP contribution >= 0.6 is 0 Å². The number of carboxylic acid groups (broad SMARTS) is 1. The number of aromatic nitrogens is 2. The maximum Gasteiger partial charge on any atom is 0.337 e. The smallest absolute Gasteiger partial charge is 0.337 e. The second-order valence-corrected chi connectivity index (χ2v) is 4.76. The van der Waals surface area contributed by atoms with E-state index in [4.69, 9.17) is 5.11 Å². The van der Waals surface area contributed by atoms with Crippen LogP contribution in [-0.4, -0.2) is 44.0 Å². The van der Waals surface area contributed by atoms with Gasteiger partial charge in [0.2, 0.25) is 5.91 Å². The Bertz CT molecular complexity index is 479. The first-order valence-electron chi connectivity index (χ1n) is 5.96. The van der Waals surface area contributed by atoms with Crippen molar-refractivity contribution in [2.75, 3.05) is 6.54 Å². The molecule has 7 heteroatoms. The molecule has 0 spiro atoms. The van der Waals surface area contributed by atoms with Crippen LogP contribution in [0.3, 0.4) is 0 Å². The minimum absolute atomic E-state index is 0.178. The summed E-state index contributed by atoms with van der Waals surface area (Å²) in [7, 11) is 0. The molecule has 1 unspecified atom stereocenters. The number of carbonyl (C=O) groups is 2. The Labute approximate surface area is 111 Å². The minimum atomic E-state index is -1.95. The van der Waals surface area contributed by atoms with Crippen LogP contribution in [0, 0.1) is 13.8 Å². The molecule has 1 rings (SSSR count). The van der Waals surface area contributed by atoms with Crippen molar-refractivity contribution in [1.29, 1.82) is 0 Å². The molecule has 1 heterocycles. The summed E-state index contributed by atoms with van der Waals surface area (Å²) in [5, 5.41) is 24.7. The number of aliphatic carboxylic acids is 1. The topological polar surface area (TPSA) is 104 Å². The molecule has 0 bridgehead atoms. The summed E-state index contributed by atoms with van der Waals surface area (Å²) in [5.41, 5.74) is -0.108. The van der Waals surface area contributed by atoms with Crippen molar-refractivity contribution in [3.63, 3.8) is 0 Å². The molecule has 0 saturated carbocycles. The van der Waals surface area contributed by atoms with Crippen molar-refractivity contribution < 1.29 is 19.8 Å². The van der Waals surface area contributed by atoms with Crippen LogP contribution in [0.25, 0.3) is 0 Å². The lowest BCUT2D eigenvalue weighted by molar-refractivity contribution is -0.156. The molecular weight excluding hydrogens is 250 g/mol. The van der Waals surface area contributed by atoms with Gasteiger partial charge in [0, 0.05) is 18.7 Å². The van der Waals surface area contributed by atoms with Gasteiger partial charge in [-0.25, -0.2) is 4.79 Å². The molecule has 1 aromatic rings. The van der Waals surface area contributed by atoms with Crippen molar-refractivity contribution in [1.82, 2.24) is 15.1 Å². The highest BCUT2D eigenvalue weighted by molar-refractivity contribution is 5.80. The van der Waals surface area contributed by atoms with Gasteiger partial charge in [0.15, 0.2) is 5.60 Å². The van der Waals surface area contributed by atoms with Crippen molar-refractivity contribution in [2.24, 2.45) is 0 Å². The van der Waals surface area contributed by atoms with Gasteiger partial charge in [0.25, 0.3) is 0 Å². The van der Waals surface area contributed by atoms with Crippen molar-refractivity contribution >= 4 is 11.9 Å². The predicted molar refractivity (Wildman–Crippen MR) is 67.6 cm³/mol. The van der Waals surface area contributed by atoms with E-state index in [1.54, 1.807) is 4.68 Å². The Kier molecular flexibility index (Phi) is 4.66. The Hall–Kier alpha value is -1.89. The van der Waals surface area contributed by atoms with Crippen LogP contribution in [0.5, 0.6) is 0 Å². The zero-order valence-electron chi connectivity index (χ0n) is 11.3. The average molecular weight is 269 g/mol. The maximum absolute atomic E-state index is 11.5. The zero-order valence-corrected chi connectivity index (χ0v) is 11.3. The monoisotopic (exact) mass is 269 g/mol. The van der Waals surface area contributed by atoms with E-state index in [1.165, 1.54) is 0 Å². The third kappa shape index (κ3) is 4.36. The average Bonchev–Trinajstić information content (AvgIpc) is 2.62. The number of aryl methyl sites for hydroxylation is 3. The van der Waals surface area contributed by atoms with E-state index in [2.05, 4.69) is 10.4 Å². The number of hydrogen-bond acceptors (Lipinski definition) is 4. The zero-order chi connectivity index (χ0) is 14.6. The van der Waals surface area contributed by atoms with E-state index in [1.807, 2.05) is 19.9 Å². The molecule has 7 nitrogen and oxygen atoms in total. The van der Waals surface area contributed by atoms with E-state index in [0.717, 1.165) is 18.3 Å². The number of amides is 1. The quantitative estimate of drug-likeness (QED) is 0.665. The highest BCUT2D eigenvalue weighted by Gasteiger charge is 2.30. The first-order valence-corrected chi connectivity index (χ1v) is 5.96. The fourth-order valence-electron chi connectivity index (χ4n) is 1.54. The number of hydrogen-bond donors (Lipinski definition) is 3. The van der Waals surface area contributed by atoms with E-state index in [9.17, 15) is 14.7 Å². The SMILES string of the molecule is Cc1cc(C)n(CCC(=O)NCC(C)(O)C(=O)O)n1. The van der Waals surface area contributed by atoms with E-state index in [0.29, 0.717) is 6.54 Å². The predicted octanol–water partition coefficient (Wildman–Crippen LogP) is -0.158. The molecular formula is C12H19N3O4. The van der Waals surface area contributed by atoms with Gasteiger partial charge in [-0.2, -0.15) is 5.10 Å². The summed E-state index contributed by atoms with van der Waals surface area (Å²) in [6.07, 6.45) is 0.178. The maximum atomic E-state index is 11.5. The summed E-state index contributed by atoms with van der Waals surface area (Å²) in [5.74, 6) is -1.69. The summed E-state index contributed by atoms with van der Waals surface area (Å²) < 4.78 is 1.71. The van der Waals surface area contributed by atoms with Gasteiger partial charge in [0.1, 0.15) is 0 Å². The molecule has 0 aromatic carbocycles. The number of aliphatic hydroxyl groups is 1. The molecule has 1 amide bonds. The molecule has 1 atom stereocenters.